The monoisotopic (exact) mass is 731 g/mol. The van der Waals surface area contributed by atoms with Gasteiger partial charge in [0.15, 0.2) is 0 Å². The number of ether oxygens (including phenoxy) is 1. The fraction of sp³-hybridized carbons (Fsp3) is 0.412. The van der Waals surface area contributed by atoms with E-state index in [0.717, 1.165) is 19.1 Å². The first-order valence-corrected chi connectivity index (χ1v) is 18.5. The number of rotatable bonds is 9. The molecular weight excluding hydrogens is 693 g/mol. The minimum Gasteiger partial charge on any atom is -0.444 e. The van der Waals surface area contributed by atoms with Crippen LogP contribution >= 0.6 is 23.2 Å². The minimum absolute atomic E-state index is 0.151. The molecule has 49 heavy (non-hydrogen) atoms. The SMILES string of the molecule is CC(C)(C)OC(=O)Nc1cccc(CONC(=O)[C@@H]2c3ccccc3C(=O)N([C@H]3CCCC[C@@H]3NS(C)(=O)=O)[C@H]2c2ccc(Cl)cc2Cl)n1. The largest absolute Gasteiger partial charge is 0.444 e. The number of amides is 3. The number of hydrogen-bond acceptors (Lipinski definition) is 8. The standard InChI is InChI=1S/C34H39Cl2N5O7S/c1-34(2,3)48-33(44)38-28-15-9-10-21(37-28)19-47-39-31(42)29-22-11-5-6-12-23(22)32(43)41(30(29)24-17-16-20(35)18-25(24)36)27-14-8-7-13-26(27)40-49(4,45)46/h5-6,9-12,15-18,26-27,29-30,40H,7-8,13-14,19H2,1-4H3,(H,39,42)(H,37,38,44)/t26-,27-,29+,30-/m0/s1. The van der Waals surface area contributed by atoms with Gasteiger partial charge in [-0.2, -0.15) is 0 Å². The van der Waals surface area contributed by atoms with Crippen molar-refractivity contribution in [3.8, 4) is 0 Å². The average molecular weight is 733 g/mol. The van der Waals surface area contributed by atoms with Crippen molar-refractivity contribution in [2.75, 3.05) is 11.6 Å². The Kier molecular flexibility index (Phi) is 11.2. The van der Waals surface area contributed by atoms with Crippen LogP contribution < -0.4 is 15.5 Å². The fourth-order valence-electron chi connectivity index (χ4n) is 6.41. The maximum Gasteiger partial charge on any atom is 0.413 e. The molecule has 1 aliphatic carbocycles. The predicted octanol–water partition coefficient (Wildman–Crippen LogP) is 6.12. The zero-order valence-corrected chi connectivity index (χ0v) is 29.9. The topological polar surface area (TPSA) is 156 Å². The van der Waals surface area contributed by atoms with Gasteiger partial charge >= 0.3 is 6.09 Å². The summed E-state index contributed by atoms with van der Waals surface area (Å²) in [5.74, 6) is -1.68. The number of sulfonamides is 1. The Morgan fingerprint density at radius 1 is 1.00 bits per heavy atom. The maximum absolute atomic E-state index is 14.4. The summed E-state index contributed by atoms with van der Waals surface area (Å²) >= 11 is 13.0. The normalized spacial score (nSPS) is 21.1. The Morgan fingerprint density at radius 2 is 1.73 bits per heavy atom. The van der Waals surface area contributed by atoms with E-state index in [1.54, 1.807) is 86.3 Å². The molecule has 0 bridgehead atoms. The number of carbonyl (C=O) groups excluding carboxylic acids is 3. The number of nitrogens with zero attached hydrogens (tertiary/aromatic N) is 2. The first-order valence-electron chi connectivity index (χ1n) is 15.8. The molecule has 2 aliphatic rings. The molecule has 0 unspecified atom stereocenters. The Labute approximate surface area is 295 Å². The van der Waals surface area contributed by atoms with E-state index in [1.165, 1.54) is 0 Å². The van der Waals surface area contributed by atoms with Gasteiger partial charge in [-0.25, -0.2) is 28.4 Å². The zero-order valence-electron chi connectivity index (χ0n) is 27.5. The highest BCUT2D eigenvalue weighted by Gasteiger charge is 2.49. The lowest BCUT2D eigenvalue weighted by atomic mass is 9.76. The van der Waals surface area contributed by atoms with Crippen LogP contribution in [-0.4, -0.2) is 60.1 Å². The van der Waals surface area contributed by atoms with Gasteiger partial charge in [0.05, 0.1) is 23.9 Å². The van der Waals surface area contributed by atoms with Gasteiger partial charge in [-0.05, 0) is 75.1 Å². The lowest BCUT2D eigenvalue weighted by Gasteiger charge is -2.49. The Balaban J connectivity index is 1.47. The van der Waals surface area contributed by atoms with Crippen LogP contribution in [0.4, 0.5) is 10.6 Å². The summed E-state index contributed by atoms with van der Waals surface area (Å²) in [7, 11) is -3.62. The van der Waals surface area contributed by atoms with E-state index in [2.05, 4.69) is 20.5 Å². The quantitative estimate of drug-likeness (QED) is 0.222. The molecule has 3 aromatic rings. The van der Waals surface area contributed by atoms with E-state index in [4.69, 9.17) is 32.8 Å². The number of carbonyl (C=O) groups is 3. The molecule has 0 spiro atoms. The molecule has 12 nitrogen and oxygen atoms in total. The molecule has 15 heteroatoms. The summed E-state index contributed by atoms with van der Waals surface area (Å²) in [5, 5.41) is 3.19. The van der Waals surface area contributed by atoms with E-state index in [0.29, 0.717) is 40.2 Å². The molecule has 5 rings (SSSR count). The smallest absolute Gasteiger partial charge is 0.413 e. The highest BCUT2D eigenvalue weighted by molar-refractivity contribution is 7.88. The number of halogens is 2. The molecule has 3 amide bonds. The summed E-state index contributed by atoms with van der Waals surface area (Å²) in [6.07, 6.45) is 2.97. The first kappa shape index (κ1) is 36.5. The Hall–Kier alpha value is -3.75. The number of pyridine rings is 1. The zero-order chi connectivity index (χ0) is 35.5. The van der Waals surface area contributed by atoms with E-state index in [1.807, 2.05) is 0 Å². The summed E-state index contributed by atoms with van der Waals surface area (Å²) in [6, 6.07) is 14.5. The third-order valence-electron chi connectivity index (χ3n) is 8.22. The van der Waals surface area contributed by atoms with E-state index in [-0.39, 0.29) is 23.4 Å². The number of benzene rings is 2. The van der Waals surface area contributed by atoms with Gasteiger partial charge < -0.3 is 9.64 Å². The molecule has 262 valence electrons. The van der Waals surface area contributed by atoms with Crippen molar-refractivity contribution >= 4 is 57.0 Å². The highest BCUT2D eigenvalue weighted by atomic mass is 35.5. The van der Waals surface area contributed by atoms with Crippen LogP contribution in [0.5, 0.6) is 0 Å². The second-order valence-corrected chi connectivity index (χ2v) is 15.8. The van der Waals surface area contributed by atoms with Crippen molar-refractivity contribution in [1.29, 1.82) is 0 Å². The molecule has 2 aromatic carbocycles. The summed E-state index contributed by atoms with van der Waals surface area (Å²) in [5.41, 5.74) is 3.51. The van der Waals surface area contributed by atoms with Crippen molar-refractivity contribution in [3.05, 3.63) is 93.1 Å². The first-order chi connectivity index (χ1) is 23.1. The van der Waals surface area contributed by atoms with Crippen LogP contribution in [0.15, 0.2) is 60.7 Å². The summed E-state index contributed by atoms with van der Waals surface area (Å²) < 4.78 is 32.9. The van der Waals surface area contributed by atoms with E-state index >= 15 is 0 Å². The Bertz CT molecular complexity index is 1840. The predicted molar refractivity (Wildman–Crippen MR) is 186 cm³/mol. The third kappa shape index (κ3) is 9.08. The molecule has 1 fully saturated rings. The second kappa shape index (κ2) is 15.0. The molecule has 3 N–H and O–H groups in total. The molecule has 1 aromatic heterocycles. The minimum atomic E-state index is -3.62. The van der Waals surface area contributed by atoms with Gasteiger partial charge in [-0.1, -0.05) is 66.4 Å². The van der Waals surface area contributed by atoms with Gasteiger partial charge in [0.1, 0.15) is 18.0 Å². The van der Waals surface area contributed by atoms with Crippen LogP contribution in [0, 0.1) is 0 Å². The molecule has 2 heterocycles. The van der Waals surface area contributed by atoms with Crippen molar-refractivity contribution in [3.63, 3.8) is 0 Å². The van der Waals surface area contributed by atoms with Crippen LogP contribution in [0.2, 0.25) is 10.0 Å². The molecule has 0 saturated heterocycles. The fourth-order valence-corrected chi connectivity index (χ4v) is 7.76. The molecule has 1 aliphatic heterocycles. The van der Waals surface area contributed by atoms with Crippen LogP contribution in [0.3, 0.4) is 0 Å². The van der Waals surface area contributed by atoms with Crippen LogP contribution in [0.1, 0.15) is 85.6 Å². The van der Waals surface area contributed by atoms with Gasteiger partial charge in [-0.15, -0.1) is 0 Å². The van der Waals surface area contributed by atoms with Gasteiger partial charge in [-0.3, -0.25) is 19.7 Å². The van der Waals surface area contributed by atoms with Crippen molar-refractivity contribution < 1.29 is 32.4 Å². The van der Waals surface area contributed by atoms with Crippen LogP contribution in [0.25, 0.3) is 0 Å². The number of anilines is 1. The molecule has 1 saturated carbocycles. The van der Waals surface area contributed by atoms with Gasteiger partial charge in [0, 0.05) is 27.7 Å². The van der Waals surface area contributed by atoms with Gasteiger partial charge in [0.2, 0.25) is 10.0 Å². The second-order valence-electron chi connectivity index (χ2n) is 13.1. The Morgan fingerprint density at radius 3 is 2.45 bits per heavy atom. The summed E-state index contributed by atoms with van der Waals surface area (Å²) in [6.45, 7) is 5.09. The number of hydroxylamine groups is 1. The van der Waals surface area contributed by atoms with E-state index < -0.39 is 51.7 Å². The number of nitrogens with one attached hydrogen (secondary N) is 3. The molecular formula is C34H39Cl2N5O7S. The number of aromatic nitrogens is 1. The van der Waals surface area contributed by atoms with E-state index in [9.17, 15) is 22.8 Å². The van der Waals surface area contributed by atoms with Crippen molar-refractivity contribution in [2.45, 2.75) is 82.7 Å². The number of hydrogen-bond donors (Lipinski definition) is 3. The average Bonchev–Trinajstić information content (AvgIpc) is 3.00. The van der Waals surface area contributed by atoms with Gasteiger partial charge in [0.25, 0.3) is 11.8 Å². The number of fused-ring (bicyclic) bond motifs is 1. The van der Waals surface area contributed by atoms with Crippen LogP contribution in [-0.2, 0) is 31.0 Å². The lowest BCUT2D eigenvalue weighted by molar-refractivity contribution is -0.138. The maximum atomic E-state index is 14.4. The highest BCUT2D eigenvalue weighted by Crippen LogP contribution is 2.47. The van der Waals surface area contributed by atoms with Crippen molar-refractivity contribution in [2.24, 2.45) is 0 Å². The summed E-state index contributed by atoms with van der Waals surface area (Å²) in [4.78, 5) is 52.5. The lowest BCUT2D eigenvalue weighted by Crippen LogP contribution is -2.59. The van der Waals surface area contributed by atoms with Crippen molar-refractivity contribution in [1.82, 2.24) is 20.1 Å². The molecule has 4 atom stereocenters. The third-order valence-corrected chi connectivity index (χ3v) is 9.51. The molecule has 0 radical (unpaired) electrons.